The van der Waals surface area contributed by atoms with Crippen molar-refractivity contribution in [1.29, 1.82) is 0 Å². The fourth-order valence-corrected chi connectivity index (χ4v) is 2.14. The first kappa shape index (κ1) is 21.8. The fraction of sp³-hybridized carbons (Fsp3) is 0.278. The Bertz CT molecular complexity index is 743. The summed E-state index contributed by atoms with van der Waals surface area (Å²) in [6.45, 7) is 2.15. The van der Waals surface area contributed by atoms with Gasteiger partial charge in [-0.05, 0) is 31.2 Å². The second-order valence-corrected chi connectivity index (χ2v) is 5.31. The molecule has 142 valence electrons. The van der Waals surface area contributed by atoms with Crippen molar-refractivity contribution in [2.75, 3.05) is 26.1 Å². The van der Waals surface area contributed by atoms with Crippen LogP contribution in [0, 0.1) is 5.82 Å². The third-order valence-electron chi connectivity index (χ3n) is 3.31. The van der Waals surface area contributed by atoms with Crippen molar-refractivity contribution in [1.82, 2.24) is 0 Å². The molecule has 6 nitrogen and oxygen atoms in total. The van der Waals surface area contributed by atoms with Crippen LogP contribution in [-0.4, -0.2) is 32.8 Å². The minimum Gasteiger partial charge on any atom is -0.493 e. The molecule has 2 aromatic rings. The second kappa shape index (κ2) is 10.7. The van der Waals surface area contributed by atoms with Gasteiger partial charge in [-0.2, -0.15) is 0 Å². The summed E-state index contributed by atoms with van der Waals surface area (Å²) in [6, 6.07) is 11.3. The summed E-state index contributed by atoms with van der Waals surface area (Å²) in [7, 11) is 3.13. The Balaban J connectivity index is 0.00000338. The van der Waals surface area contributed by atoms with Gasteiger partial charge < -0.3 is 25.3 Å². The number of nitrogens with one attached hydrogen (secondary N) is 1. The van der Waals surface area contributed by atoms with Crippen LogP contribution in [0.4, 0.5) is 10.1 Å². The number of nitrogens with zero attached hydrogens (tertiary/aromatic N) is 1. The molecule has 0 aliphatic rings. The SMILES string of the molecule is COc1ccc(NC(N)=NCC(C)Oc2cccc(F)c2)cc1OC.I. The van der Waals surface area contributed by atoms with Crippen LogP contribution >= 0.6 is 24.0 Å². The van der Waals surface area contributed by atoms with Crippen LogP contribution in [0.1, 0.15) is 6.92 Å². The molecule has 0 saturated heterocycles. The Morgan fingerprint density at radius 3 is 2.54 bits per heavy atom. The van der Waals surface area contributed by atoms with Crippen LogP contribution in [0.25, 0.3) is 0 Å². The van der Waals surface area contributed by atoms with Gasteiger partial charge in [-0.25, -0.2) is 9.38 Å². The third-order valence-corrected chi connectivity index (χ3v) is 3.31. The van der Waals surface area contributed by atoms with Crippen LogP contribution in [0.3, 0.4) is 0 Å². The highest BCUT2D eigenvalue weighted by molar-refractivity contribution is 14.0. The number of anilines is 1. The van der Waals surface area contributed by atoms with Gasteiger partial charge in [0.25, 0.3) is 0 Å². The van der Waals surface area contributed by atoms with Gasteiger partial charge in [0.05, 0.1) is 20.8 Å². The van der Waals surface area contributed by atoms with Crippen molar-refractivity contribution in [3.63, 3.8) is 0 Å². The number of halogens is 2. The van der Waals surface area contributed by atoms with Crippen LogP contribution in [0.2, 0.25) is 0 Å². The molecule has 0 bridgehead atoms. The van der Waals surface area contributed by atoms with E-state index in [1.807, 2.05) is 6.92 Å². The van der Waals surface area contributed by atoms with Crippen molar-refractivity contribution in [2.45, 2.75) is 13.0 Å². The molecule has 2 aromatic carbocycles. The highest BCUT2D eigenvalue weighted by atomic mass is 127. The number of benzene rings is 2. The average Bonchev–Trinajstić information content (AvgIpc) is 2.60. The Hall–Kier alpha value is -2.23. The zero-order valence-electron chi connectivity index (χ0n) is 14.9. The zero-order chi connectivity index (χ0) is 18.2. The number of hydrogen-bond donors (Lipinski definition) is 2. The topological polar surface area (TPSA) is 78.1 Å². The first-order chi connectivity index (χ1) is 12.0. The smallest absolute Gasteiger partial charge is 0.193 e. The van der Waals surface area contributed by atoms with Gasteiger partial charge in [0.2, 0.25) is 0 Å². The molecule has 1 atom stereocenters. The lowest BCUT2D eigenvalue weighted by Gasteiger charge is -2.14. The normalized spacial score (nSPS) is 11.9. The summed E-state index contributed by atoms with van der Waals surface area (Å²) in [5, 5.41) is 2.97. The van der Waals surface area contributed by atoms with Gasteiger partial charge in [-0.15, -0.1) is 24.0 Å². The lowest BCUT2D eigenvalue weighted by atomic mass is 10.3. The standard InChI is InChI=1S/C18H22FN3O3.HI/c1-12(25-15-6-4-5-13(19)9-15)11-21-18(20)22-14-7-8-16(23-2)17(10-14)24-3;/h4-10,12H,11H2,1-3H3,(H3,20,21,22);1H. The van der Waals surface area contributed by atoms with E-state index >= 15 is 0 Å². The molecule has 0 spiro atoms. The minimum absolute atomic E-state index is 0. The molecule has 0 aromatic heterocycles. The molecule has 2 rings (SSSR count). The van der Waals surface area contributed by atoms with Gasteiger partial charge in [0, 0.05) is 17.8 Å². The van der Waals surface area contributed by atoms with Crippen molar-refractivity contribution in [2.24, 2.45) is 10.7 Å². The van der Waals surface area contributed by atoms with Gasteiger partial charge >= 0.3 is 0 Å². The van der Waals surface area contributed by atoms with E-state index in [1.165, 1.54) is 12.1 Å². The molecular formula is C18H23FIN3O3. The molecular weight excluding hydrogens is 452 g/mol. The molecule has 26 heavy (non-hydrogen) atoms. The first-order valence-corrected chi connectivity index (χ1v) is 7.73. The van der Waals surface area contributed by atoms with Crippen molar-refractivity contribution >= 4 is 35.6 Å². The number of methoxy groups -OCH3 is 2. The van der Waals surface area contributed by atoms with E-state index in [1.54, 1.807) is 44.6 Å². The molecule has 1 unspecified atom stereocenters. The summed E-state index contributed by atoms with van der Waals surface area (Å²) in [5.74, 6) is 1.56. The Kier molecular flexibility index (Phi) is 8.97. The first-order valence-electron chi connectivity index (χ1n) is 7.73. The maximum Gasteiger partial charge on any atom is 0.193 e. The summed E-state index contributed by atoms with van der Waals surface area (Å²) < 4.78 is 29.1. The molecule has 0 heterocycles. The molecule has 0 radical (unpaired) electrons. The van der Waals surface area contributed by atoms with E-state index < -0.39 is 0 Å². The molecule has 3 N–H and O–H groups in total. The Labute approximate surface area is 169 Å². The molecule has 0 aliphatic carbocycles. The maximum absolute atomic E-state index is 13.1. The molecule has 0 aliphatic heterocycles. The summed E-state index contributed by atoms with van der Waals surface area (Å²) in [4.78, 5) is 4.23. The quantitative estimate of drug-likeness (QED) is 0.363. The molecule has 0 fully saturated rings. The summed E-state index contributed by atoms with van der Waals surface area (Å²) >= 11 is 0. The van der Waals surface area contributed by atoms with Crippen LogP contribution in [-0.2, 0) is 0 Å². The number of guanidine groups is 1. The average molecular weight is 475 g/mol. The number of rotatable bonds is 7. The van der Waals surface area contributed by atoms with Crippen molar-refractivity contribution < 1.29 is 18.6 Å². The fourth-order valence-electron chi connectivity index (χ4n) is 2.14. The van der Waals surface area contributed by atoms with E-state index in [-0.39, 0.29) is 41.9 Å². The second-order valence-electron chi connectivity index (χ2n) is 5.31. The Morgan fingerprint density at radius 1 is 1.15 bits per heavy atom. The maximum atomic E-state index is 13.1. The summed E-state index contributed by atoms with van der Waals surface area (Å²) in [6.07, 6.45) is -0.257. The molecule has 0 amide bonds. The van der Waals surface area contributed by atoms with Gasteiger partial charge in [-0.3, -0.25) is 0 Å². The minimum atomic E-state index is -0.345. The highest BCUT2D eigenvalue weighted by Gasteiger charge is 2.07. The lowest BCUT2D eigenvalue weighted by Crippen LogP contribution is -2.25. The largest absolute Gasteiger partial charge is 0.493 e. The van der Waals surface area contributed by atoms with Gasteiger partial charge in [-0.1, -0.05) is 6.07 Å². The third kappa shape index (κ3) is 6.58. The molecule has 8 heteroatoms. The highest BCUT2D eigenvalue weighted by Crippen LogP contribution is 2.29. The number of ether oxygens (including phenoxy) is 3. The van der Waals surface area contributed by atoms with Gasteiger partial charge in [0.1, 0.15) is 17.7 Å². The van der Waals surface area contributed by atoms with E-state index in [9.17, 15) is 4.39 Å². The number of hydrogen-bond acceptors (Lipinski definition) is 4. The predicted octanol–water partition coefficient (Wildman–Crippen LogP) is 3.66. The van der Waals surface area contributed by atoms with E-state index in [0.29, 0.717) is 23.8 Å². The van der Waals surface area contributed by atoms with E-state index in [4.69, 9.17) is 19.9 Å². The lowest BCUT2D eigenvalue weighted by molar-refractivity contribution is 0.229. The van der Waals surface area contributed by atoms with Gasteiger partial charge in [0.15, 0.2) is 17.5 Å². The van der Waals surface area contributed by atoms with Crippen molar-refractivity contribution in [3.8, 4) is 17.2 Å². The van der Waals surface area contributed by atoms with E-state index in [0.717, 1.165) is 5.69 Å². The monoisotopic (exact) mass is 475 g/mol. The van der Waals surface area contributed by atoms with Crippen LogP contribution in [0.5, 0.6) is 17.2 Å². The van der Waals surface area contributed by atoms with Crippen LogP contribution in [0.15, 0.2) is 47.5 Å². The Morgan fingerprint density at radius 2 is 1.88 bits per heavy atom. The van der Waals surface area contributed by atoms with E-state index in [2.05, 4.69) is 10.3 Å². The number of nitrogens with two attached hydrogens (primary N) is 1. The summed E-state index contributed by atoms with van der Waals surface area (Å²) in [5.41, 5.74) is 6.60. The zero-order valence-corrected chi connectivity index (χ0v) is 17.2. The predicted molar refractivity (Wildman–Crippen MR) is 112 cm³/mol. The molecule has 0 saturated carbocycles. The van der Waals surface area contributed by atoms with Crippen LogP contribution < -0.4 is 25.3 Å². The number of aliphatic imine (C=N–C) groups is 1. The van der Waals surface area contributed by atoms with Crippen molar-refractivity contribution in [3.05, 3.63) is 48.3 Å².